The van der Waals surface area contributed by atoms with E-state index in [0.29, 0.717) is 17.9 Å². The number of aromatic amines is 1. The van der Waals surface area contributed by atoms with E-state index in [1.807, 2.05) is 24.4 Å². The molecule has 0 fully saturated rings. The van der Waals surface area contributed by atoms with Crippen LogP contribution in [0.15, 0.2) is 42.7 Å². The molecule has 160 valence electrons. The Bertz CT molecular complexity index is 1150. The zero-order chi connectivity index (χ0) is 21.8. The fraction of sp³-hybridized carbons (Fsp3) is 0.333. The molecule has 31 heavy (non-hydrogen) atoms. The molecule has 2 aliphatic heterocycles. The van der Waals surface area contributed by atoms with Crippen LogP contribution < -0.4 is 14.8 Å². The van der Waals surface area contributed by atoms with Crippen LogP contribution in [0.4, 0.5) is 5.69 Å². The molecule has 2 atom stereocenters. The highest BCUT2D eigenvalue weighted by Crippen LogP contribution is 2.54. The van der Waals surface area contributed by atoms with E-state index in [4.69, 9.17) is 14.2 Å². The molecule has 2 aliphatic rings. The average molecular weight is 419 g/mol. The Morgan fingerprint density at radius 1 is 1.19 bits per heavy atom. The normalized spacial score (nSPS) is 20.4. The Morgan fingerprint density at radius 2 is 2.03 bits per heavy atom. The van der Waals surface area contributed by atoms with Gasteiger partial charge < -0.3 is 19.5 Å². The zero-order valence-electron chi connectivity index (χ0n) is 18.0. The van der Waals surface area contributed by atoms with Gasteiger partial charge in [0, 0.05) is 34.3 Å². The van der Waals surface area contributed by atoms with Crippen molar-refractivity contribution in [2.24, 2.45) is 5.92 Å². The van der Waals surface area contributed by atoms with Gasteiger partial charge in [-0.1, -0.05) is 13.8 Å². The van der Waals surface area contributed by atoms with E-state index in [-0.39, 0.29) is 23.3 Å². The van der Waals surface area contributed by atoms with Crippen molar-refractivity contribution in [3.8, 4) is 22.6 Å². The van der Waals surface area contributed by atoms with Crippen LogP contribution in [-0.2, 0) is 10.2 Å². The summed E-state index contributed by atoms with van der Waals surface area (Å²) in [5, 5.41) is 10.7. The highest BCUT2D eigenvalue weighted by molar-refractivity contribution is 5.90. The molecule has 0 saturated heterocycles. The van der Waals surface area contributed by atoms with Gasteiger partial charge in [0.2, 0.25) is 0 Å². The Labute approximate surface area is 180 Å². The van der Waals surface area contributed by atoms with Crippen LogP contribution in [-0.4, -0.2) is 37.0 Å². The quantitative estimate of drug-likeness (QED) is 0.615. The third-order valence-electron chi connectivity index (χ3n) is 6.65. The number of hydrogen-bond acceptors (Lipinski definition) is 6. The van der Waals surface area contributed by atoms with Crippen molar-refractivity contribution in [2.45, 2.75) is 25.3 Å². The molecule has 7 heteroatoms. The highest BCUT2D eigenvalue weighted by Gasteiger charge is 2.47. The smallest absolute Gasteiger partial charge is 0.337 e. The SMILES string of the molecule is COC(=O)c1ccc2c(c1)C(C)(C)[C@H]1COc3c(OC)cc(-c4cn[nH]c4)cc3[C@H]1N2. The number of fused-ring (bicyclic) bond motifs is 4. The van der Waals surface area contributed by atoms with Crippen molar-refractivity contribution >= 4 is 11.7 Å². The molecule has 0 spiro atoms. The summed E-state index contributed by atoms with van der Waals surface area (Å²) in [5.41, 5.74) is 5.48. The number of aromatic nitrogens is 2. The molecular weight excluding hydrogens is 394 g/mol. The minimum absolute atomic E-state index is 0.0379. The molecule has 2 aromatic carbocycles. The van der Waals surface area contributed by atoms with Crippen LogP contribution in [0.1, 0.15) is 41.4 Å². The Balaban J connectivity index is 1.64. The summed E-state index contributed by atoms with van der Waals surface area (Å²) < 4.78 is 16.8. The van der Waals surface area contributed by atoms with Gasteiger partial charge in [0.25, 0.3) is 0 Å². The highest BCUT2D eigenvalue weighted by atomic mass is 16.5. The number of methoxy groups -OCH3 is 2. The molecule has 3 aromatic rings. The number of anilines is 1. The maximum absolute atomic E-state index is 12.1. The molecule has 0 unspecified atom stereocenters. The van der Waals surface area contributed by atoms with Crippen LogP contribution in [0.5, 0.6) is 11.5 Å². The molecule has 0 aliphatic carbocycles. The number of ether oxygens (including phenoxy) is 3. The van der Waals surface area contributed by atoms with E-state index < -0.39 is 0 Å². The molecule has 0 radical (unpaired) electrons. The lowest BCUT2D eigenvalue weighted by atomic mass is 9.65. The average Bonchev–Trinajstić information content (AvgIpc) is 3.32. The van der Waals surface area contributed by atoms with Gasteiger partial charge in [0.1, 0.15) is 0 Å². The third kappa shape index (κ3) is 2.95. The number of H-pyrrole nitrogens is 1. The van der Waals surface area contributed by atoms with Crippen molar-refractivity contribution in [1.82, 2.24) is 10.2 Å². The second-order valence-corrected chi connectivity index (χ2v) is 8.60. The van der Waals surface area contributed by atoms with Gasteiger partial charge in [0.05, 0.1) is 38.6 Å². The number of esters is 1. The lowest BCUT2D eigenvalue weighted by Gasteiger charge is -2.48. The first-order valence-electron chi connectivity index (χ1n) is 10.3. The fourth-order valence-electron chi connectivity index (χ4n) is 4.84. The number of hydrogen-bond donors (Lipinski definition) is 2. The number of benzene rings is 2. The van der Waals surface area contributed by atoms with Crippen molar-refractivity contribution in [1.29, 1.82) is 0 Å². The first-order valence-corrected chi connectivity index (χ1v) is 10.3. The summed E-state index contributed by atoms with van der Waals surface area (Å²) in [4.78, 5) is 12.1. The first-order chi connectivity index (χ1) is 14.9. The number of carbonyl (C=O) groups excluding carboxylic acids is 1. The summed E-state index contributed by atoms with van der Waals surface area (Å²) in [7, 11) is 3.06. The van der Waals surface area contributed by atoms with Gasteiger partial charge in [-0.2, -0.15) is 5.10 Å². The fourth-order valence-corrected chi connectivity index (χ4v) is 4.84. The standard InChI is InChI=1S/C24H25N3O4/c1-24(2)17-8-13(23(28)30-4)5-6-19(17)27-21-16-7-14(15-10-25-26-11-15)9-20(29-3)22(16)31-12-18(21)24/h5-11,18,21,27H,12H2,1-4H3,(H,25,26)/t18-,21+/m0/s1. The first kappa shape index (κ1) is 19.5. The monoisotopic (exact) mass is 419 g/mol. The topological polar surface area (TPSA) is 85.5 Å². The summed E-state index contributed by atoms with van der Waals surface area (Å²) in [6.45, 7) is 4.95. The van der Waals surface area contributed by atoms with Gasteiger partial charge in [-0.25, -0.2) is 4.79 Å². The largest absolute Gasteiger partial charge is 0.493 e. The van der Waals surface area contributed by atoms with Crippen LogP contribution in [0, 0.1) is 5.92 Å². The summed E-state index contributed by atoms with van der Waals surface area (Å²) in [5.74, 6) is 1.30. The van der Waals surface area contributed by atoms with Gasteiger partial charge in [0.15, 0.2) is 11.5 Å². The number of nitrogens with one attached hydrogen (secondary N) is 2. The molecule has 0 saturated carbocycles. The van der Waals surface area contributed by atoms with E-state index in [1.54, 1.807) is 19.4 Å². The van der Waals surface area contributed by atoms with Gasteiger partial charge >= 0.3 is 5.97 Å². The van der Waals surface area contributed by atoms with E-state index in [0.717, 1.165) is 33.7 Å². The van der Waals surface area contributed by atoms with E-state index in [1.165, 1.54) is 7.11 Å². The second kappa shape index (κ2) is 7.04. The molecule has 0 amide bonds. The number of rotatable bonds is 3. The second-order valence-electron chi connectivity index (χ2n) is 8.60. The predicted molar refractivity (Wildman–Crippen MR) is 117 cm³/mol. The van der Waals surface area contributed by atoms with Crippen molar-refractivity contribution in [3.05, 3.63) is 59.4 Å². The summed E-state index contributed by atoms with van der Waals surface area (Å²) in [6, 6.07) is 9.87. The Morgan fingerprint density at radius 3 is 2.74 bits per heavy atom. The van der Waals surface area contributed by atoms with Gasteiger partial charge in [-0.05, 0) is 41.5 Å². The Hall–Kier alpha value is -3.48. The molecule has 7 nitrogen and oxygen atoms in total. The van der Waals surface area contributed by atoms with Crippen molar-refractivity contribution in [2.75, 3.05) is 26.1 Å². The molecule has 0 bridgehead atoms. The molecular formula is C24H25N3O4. The maximum atomic E-state index is 12.1. The van der Waals surface area contributed by atoms with Crippen LogP contribution >= 0.6 is 0 Å². The summed E-state index contributed by atoms with van der Waals surface area (Å²) >= 11 is 0. The Kier molecular flexibility index (Phi) is 4.43. The molecule has 2 N–H and O–H groups in total. The van der Waals surface area contributed by atoms with Crippen LogP contribution in [0.25, 0.3) is 11.1 Å². The van der Waals surface area contributed by atoms with Crippen LogP contribution in [0.3, 0.4) is 0 Å². The minimum atomic E-state index is -0.333. The number of nitrogens with zero attached hydrogens (tertiary/aromatic N) is 1. The lowest BCUT2D eigenvalue weighted by Crippen LogP contribution is -2.46. The van der Waals surface area contributed by atoms with Crippen molar-refractivity contribution in [3.63, 3.8) is 0 Å². The van der Waals surface area contributed by atoms with E-state index in [9.17, 15) is 4.79 Å². The summed E-state index contributed by atoms with van der Waals surface area (Å²) in [6.07, 6.45) is 3.66. The maximum Gasteiger partial charge on any atom is 0.337 e. The van der Waals surface area contributed by atoms with Gasteiger partial charge in [-0.15, -0.1) is 0 Å². The molecule has 3 heterocycles. The lowest BCUT2D eigenvalue weighted by molar-refractivity contribution is 0.0600. The zero-order valence-corrected chi connectivity index (χ0v) is 18.0. The number of carbonyl (C=O) groups is 1. The van der Waals surface area contributed by atoms with E-state index >= 15 is 0 Å². The molecule has 1 aromatic heterocycles. The van der Waals surface area contributed by atoms with Crippen molar-refractivity contribution < 1.29 is 19.0 Å². The predicted octanol–water partition coefficient (Wildman–Crippen LogP) is 4.32. The minimum Gasteiger partial charge on any atom is -0.493 e. The molecule has 5 rings (SSSR count). The van der Waals surface area contributed by atoms with Crippen LogP contribution in [0.2, 0.25) is 0 Å². The van der Waals surface area contributed by atoms with Gasteiger partial charge in [-0.3, -0.25) is 5.10 Å². The third-order valence-corrected chi connectivity index (χ3v) is 6.65. The van der Waals surface area contributed by atoms with E-state index in [2.05, 4.69) is 35.4 Å².